The van der Waals surface area contributed by atoms with Gasteiger partial charge in [0.2, 0.25) is 5.95 Å². The lowest BCUT2D eigenvalue weighted by Gasteiger charge is -2.27. The van der Waals surface area contributed by atoms with Gasteiger partial charge in [-0.2, -0.15) is 4.98 Å². The van der Waals surface area contributed by atoms with Crippen molar-refractivity contribution in [2.75, 3.05) is 36.5 Å². The van der Waals surface area contributed by atoms with Crippen LogP contribution in [0.15, 0.2) is 54.9 Å². The number of nitrogens with one attached hydrogen (secondary N) is 1. The van der Waals surface area contributed by atoms with Crippen LogP contribution in [-0.4, -0.2) is 51.6 Å². The Bertz CT molecular complexity index is 1370. The van der Waals surface area contributed by atoms with E-state index >= 15 is 0 Å². The second-order valence-electron chi connectivity index (χ2n) is 9.37. The van der Waals surface area contributed by atoms with Crippen LogP contribution in [0.3, 0.4) is 0 Å². The topological polar surface area (TPSA) is 85.2 Å². The Morgan fingerprint density at radius 3 is 2.63 bits per heavy atom. The minimum atomic E-state index is 0.225. The summed E-state index contributed by atoms with van der Waals surface area (Å²) in [5, 5.41) is 3.42. The van der Waals surface area contributed by atoms with Gasteiger partial charge in [0.25, 0.3) is 0 Å². The molecule has 0 spiro atoms. The fourth-order valence-electron chi connectivity index (χ4n) is 4.43. The highest BCUT2D eigenvalue weighted by atomic mass is 16.5. The number of imidazole rings is 1. The first-order valence-electron chi connectivity index (χ1n) is 12.2. The van der Waals surface area contributed by atoms with Crippen molar-refractivity contribution in [3.05, 3.63) is 60.4 Å². The molecule has 2 fully saturated rings. The molecule has 1 aliphatic carbocycles. The normalized spacial score (nSPS) is 16.0. The molecule has 1 saturated carbocycles. The molecule has 0 radical (unpaired) electrons. The third-order valence-corrected chi connectivity index (χ3v) is 6.68. The number of fused-ring (bicyclic) bond motifs is 1. The van der Waals surface area contributed by atoms with Gasteiger partial charge in [-0.05, 0) is 55.2 Å². The van der Waals surface area contributed by atoms with Gasteiger partial charge in [-0.3, -0.25) is 4.79 Å². The molecule has 4 aromatic rings. The number of morpholine rings is 1. The number of benzene rings is 2. The van der Waals surface area contributed by atoms with Gasteiger partial charge >= 0.3 is 0 Å². The number of rotatable bonds is 7. The minimum Gasteiger partial charge on any atom is -0.378 e. The minimum absolute atomic E-state index is 0.225. The summed E-state index contributed by atoms with van der Waals surface area (Å²) in [6.45, 7) is 2.82. The summed E-state index contributed by atoms with van der Waals surface area (Å²) in [5.41, 5.74) is 5.49. The summed E-state index contributed by atoms with van der Waals surface area (Å²) in [5.74, 6) is 2.20. The molecular weight excluding hydrogens is 440 g/mol. The Morgan fingerprint density at radius 1 is 1.06 bits per heavy atom. The highest BCUT2D eigenvalue weighted by Gasteiger charge is 2.25. The van der Waals surface area contributed by atoms with Gasteiger partial charge in [0.05, 0.1) is 36.3 Å². The van der Waals surface area contributed by atoms with E-state index in [1.54, 1.807) is 0 Å². The highest BCUT2D eigenvalue weighted by Crippen LogP contribution is 2.34. The van der Waals surface area contributed by atoms with Crippen molar-refractivity contribution in [2.45, 2.75) is 19.3 Å². The molecule has 2 aromatic heterocycles. The Kier molecular flexibility index (Phi) is 5.66. The van der Waals surface area contributed by atoms with E-state index in [2.05, 4.69) is 21.3 Å². The molecule has 8 nitrogen and oxygen atoms in total. The Labute approximate surface area is 204 Å². The molecule has 0 atom stereocenters. The van der Waals surface area contributed by atoms with Gasteiger partial charge in [-0.1, -0.05) is 6.07 Å². The zero-order valence-electron chi connectivity index (χ0n) is 19.8. The molecule has 1 saturated heterocycles. The van der Waals surface area contributed by atoms with Gasteiger partial charge < -0.3 is 19.5 Å². The summed E-state index contributed by atoms with van der Waals surface area (Å²) >= 11 is 0. The van der Waals surface area contributed by atoms with E-state index in [1.165, 1.54) is 12.8 Å². The molecular formula is C27H28N6O2. The standard InChI is InChI=1S/C27H28N6O2/c1-32-17-28-22-9-6-20(15-24(22)32)23-16-26(31-27(30-23)33-10-12-35-13-11-33)29-21-7-4-19(5-8-21)25(34)14-18-2-3-18/h4-9,15-18H,2-3,10-14H2,1H3,(H,29,30,31). The first-order chi connectivity index (χ1) is 17.1. The van der Waals surface area contributed by atoms with E-state index < -0.39 is 0 Å². The number of carbonyl (C=O) groups is 1. The molecule has 1 N–H and O–H groups in total. The summed E-state index contributed by atoms with van der Waals surface area (Å²) in [4.78, 5) is 28.7. The van der Waals surface area contributed by atoms with E-state index in [9.17, 15) is 4.79 Å². The number of carbonyl (C=O) groups excluding carboxylic acids is 1. The van der Waals surface area contributed by atoms with Crippen LogP contribution in [0.4, 0.5) is 17.5 Å². The maximum absolute atomic E-state index is 12.4. The van der Waals surface area contributed by atoms with Crippen LogP contribution in [0.25, 0.3) is 22.3 Å². The van der Waals surface area contributed by atoms with Crippen LogP contribution in [0.2, 0.25) is 0 Å². The number of Topliss-reactive ketones (excluding diaryl/α,β-unsaturated/α-hetero) is 1. The Morgan fingerprint density at radius 2 is 1.86 bits per heavy atom. The molecule has 6 rings (SSSR count). The predicted molar refractivity (Wildman–Crippen MR) is 136 cm³/mol. The molecule has 8 heteroatoms. The average molecular weight is 469 g/mol. The number of hydrogen-bond acceptors (Lipinski definition) is 7. The lowest BCUT2D eigenvalue weighted by molar-refractivity contribution is 0.0976. The van der Waals surface area contributed by atoms with Crippen molar-refractivity contribution in [3.8, 4) is 11.3 Å². The van der Waals surface area contributed by atoms with Gasteiger partial charge in [-0.25, -0.2) is 9.97 Å². The number of aromatic nitrogens is 4. The van der Waals surface area contributed by atoms with Crippen molar-refractivity contribution >= 4 is 34.3 Å². The lowest BCUT2D eigenvalue weighted by atomic mass is 10.1. The van der Waals surface area contributed by atoms with Crippen LogP contribution in [0.1, 0.15) is 29.6 Å². The number of anilines is 3. The van der Waals surface area contributed by atoms with Gasteiger partial charge in [0.15, 0.2) is 5.78 Å². The lowest BCUT2D eigenvalue weighted by Crippen LogP contribution is -2.37. The zero-order chi connectivity index (χ0) is 23.8. The number of aryl methyl sites for hydroxylation is 1. The van der Waals surface area contributed by atoms with Crippen molar-refractivity contribution < 1.29 is 9.53 Å². The van der Waals surface area contributed by atoms with Crippen LogP contribution < -0.4 is 10.2 Å². The molecule has 2 aromatic carbocycles. The maximum atomic E-state index is 12.4. The first-order valence-corrected chi connectivity index (χ1v) is 12.2. The van der Waals surface area contributed by atoms with E-state index in [-0.39, 0.29) is 5.78 Å². The molecule has 35 heavy (non-hydrogen) atoms. The van der Waals surface area contributed by atoms with Gasteiger partial charge in [0, 0.05) is 49.4 Å². The molecule has 0 unspecified atom stereocenters. The number of nitrogens with zero attached hydrogens (tertiary/aromatic N) is 5. The third kappa shape index (κ3) is 4.74. The SMILES string of the molecule is Cn1cnc2ccc(-c3cc(Nc4ccc(C(=O)CC5CC5)cc4)nc(N4CCOCC4)n3)cc21. The zero-order valence-corrected chi connectivity index (χ0v) is 19.8. The van der Waals surface area contributed by atoms with E-state index in [0.29, 0.717) is 37.3 Å². The van der Waals surface area contributed by atoms with Gasteiger partial charge in [0.1, 0.15) is 5.82 Å². The molecule has 178 valence electrons. The molecule has 0 amide bonds. The van der Waals surface area contributed by atoms with Gasteiger partial charge in [-0.15, -0.1) is 0 Å². The highest BCUT2D eigenvalue weighted by molar-refractivity contribution is 5.96. The average Bonchev–Trinajstić information content (AvgIpc) is 3.64. The number of hydrogen-bond donors (Lipinski definition) is 1. The fourth-order valence-corrected chi connectivity index (χ4v) is 4.43. The van der Waals surface area contributed by atoms with Crippen LogP contribution in [-0.2, 0) is 11.8 Å². The molecule has 1 aliphatic heterocycles. The molecule has 2 aliphatic rings. The van der Waals surface area contributed by atoms with Crippen LogP contribution in [0, 0.1) is 5.92 Å². The number of ether oxygens (including phenoxy) is 1. The summed E-state index contributed by atoms with van der Waals surface area (Å²) < 4.78 is 7.53. The second kappa shape index (κ2) is 9.11. The van der Waals surface area contributed by atoms with E-state index in [4.69, 9.17) is 14.7 Å². The van der Waals surface area contributed by atoms with Crippen molar-refractivity contribution in [3.63, 3.8) is 0 Å². The van der Waals surface area contributed by atoms with E-state index in [0.717, 1.165) is 46.6 Å². The first kappa shape index (κ1) is 21.7. The van der Waals surface area contributed by atoms with Crippen molar-refractivity contribution in [1.29, 1.82) is 0 Å². The predicted octanol–water partition coefficient (Wildman–Crippen LogP) is 4.59. The second-order valence-corrected chi connectivity index (χ2v) is 9.37. The molecule has 3 heterocycles. The van der Waals surface area contributed by atoms with Crippen LogP contribution >= 0.6 is 0 Å². The summed E-state index contributed by atoms with van der Waals surface area (Å²) in [6, 6.07) is 15.8. The summed E-state index contributed by atoms with van der Waals surface area (Å²) in [6.07, 6.45) is 4.84. The van der Waals surface area contributed by atoms with Crippen LogP contribution in [0.5, 0.6) is 0 Å². The van der Waals surface area contributed by atoms with E-state index in [1.807, 2.05) is 60.4 Å². The Balaban J connectivity index is 1.31. The van der Waals surface area contributed by atoms with Crippen molar-refractivity contribution in [1.82, 2.24) is 19.5 Å². The quantitative estimate of drug-likeness (QED) is 0.397. The monoisotopic (exact) mass is 468 g/mol. The Hall–Kier alpha value is -3.78. The smallest absolute Gasteiger partial charge is 0.228 e. The third-order valence-electron chi connectivity index (χ3n) is 6.68. The molecule has 0 bridgehead atoms. The summed E-state index contributed by atoms with van der Waals surface area (Å²) in [7, 11) is 1.99. The maximum Gasteiger partial charge on any atom is 0.228 e. The fraction of sp³-hybridized carbons (Fsp3) is 0.333. The van der Waals surface area contributed by atoms with Crippen molar-refractivity contribution in [2.24, 2.45) is 13.0 Å². The largest absolute Gasteiger partial charge is 0.378 e. The number of ketones is 1.